The van der Waals surface area contributed by atoms with Gasteiger partial charge in [0.2, 0.25) is 0 Å². The molecule has 0 atom stereocenters. The lowest BCUT2D eigenvalue weighted by Crippen LogP contribution is -2.12. The first-order valence-electron chi connectivity index (χ1n) is 6.16. The van der Waals surface area contributed by atoms with Crippen LogP contribution in [0.15, 0.2) is 48.5 Å². The van der Waals surface area contributed by atoms with Gasteiger partial charge in [-0.3, -0.25) is 9.79 Å². The van der Waals surface area contributed by atoms with Gasteiger partial charge in [-0.1, -0.05) is 24.3 Å². The van der Waals surface area contributed by atoms with Crippen LogP contribution in [-0.2, 0) is 4.57 Å². The number of aromatic carboxylic acids is 1. The van der Waals surface area contributed by atoms with Crippen LogP contribution in [0.25, 0.3) is 0 Å². The summed E-state index contributed by atoms with van der Waals surface area (Å²) in [7, 11) is -4.86. The summed E-state index contributed by atoms with van der Waals surface area (Å²) in [6.07, 6.45) is 0. The molecule has 0 aliphatic carbocycles. The van der Waals surface area contributed by atoms with Crippen LogP contribution in [0.3, 0.4) is 0 Å². The van der Waals surface area contributed by atoms with Gasteiger partial charge in [0.05, 0.1) is 0 Å². The van der Waals surface area contributed by atoms with E-state index in [1.54, 1.807) is 0 Å². The Morgan fingerprint density at radius 1 is 0.870 bits per heavy atom. The van der Waals surface area contributed by atoms with Crippen LogP contribution >= 0.6 is 7.82 Å². The molecule has 0 unspecified atom stereocenters. The summed E-state index contributed by atoms with van der Waals surface area (Å²) in [5.74, 6) is -2.87. The van der Waals surface area contributed by atoms with E-state index >= 15 is 0 Å². The van der Waals surface area contributed by atoms with Gasteiger partial charge in [-0.25, -0.2) is 14.2 Å². The minimum Gasteiger partial charge on any atom is -0.478 e. The molecule has 3 N–H and O–H groups in total. The van der Waals surface area contributed by atoms with Crippen molar-refractivity contribution in [2.45, 2.75) is 0 Å². The van der Waals surface area contributed by atoms with Gasteiger partial charge in [0.1, 0.15) is 22.6 Å². The molecular weight excluding hydrogens is 327 g/mol. The van der Waals surface area contributed by atoms with Crippen LogP contribution in [0.2, 0.25) is 0 Å². The van der Waals surface area contributed by atoms with Gasteiger partial charge in [-0.15, -0.1) is 0 Å². The summed E-state index contributed by atoms with van der Waals surface area (Å²) in [4.78, 5) is 40.9. The lowest BCUT2D eigenvalue weighted by molar-refractivity contribution is 0.0681. The van der Waals surface area contributed by atoms with Gasteiger partial charge in [0.25, 0.3) is 0 Å². The Balaban J connectivity index is 2.32. The summed E-state index contributed by atoms with van der Waals surface area (Å²) >= 11 is 0. The summed E-state index contributed by atoms with van der Waals surface area (Å²) in [6.45, 7) is 0. The Morgan fingerprint density at radius 2 is 1.39 bits per heavy atom. The molecule has 0 amide bonds. The molecule has 0 aromatic heterocycles. The molecule has 0 aliphatic heterocycles. The molecule has 0 aliphatic rings. The van der Waals surface area contributed by atoms with Crippen LogP contribution in [0.4, 0.5) is 0 Å². The molecule has 2 rings (SSSR count). The number of esters is 1. The monoisotopic (exact) mass is 338 g/mol. The molecule has 9 heteroatoms. The van der Waals surface area contributed by atoms with Gasteiger partial charge < -0.3 is 14.4 Å². The van der Waals surface area contributed by atoms with Crippen LogP contribution in [0, 0.1) is 0 Å². The maximum Gasteiger partial charge on any atom is 0.524 e. The third kappa shape index (κ3) is 4.40. The van der Waals surface area contributed by atoms with Crippen molar-refractivity contribution in [2.75, 3.05) is 0 Å². The normalized spacial score (nSPS) is 10.9. The van der Waals surface area contributed by atoms with E-state index in [0.717, 1.165) is 0 Å². The number of phosphoric acid groups is 1. The predicted octanol–water partition coefficient (Wildman–Crippen LogP) is 2.08. The minimum absolute atomic E-state index is 0.198. The first-order valence-corrected chi connectivity index (χ1v) is 7.69. The molecule has 23 heavy (non-hydrogen) atoms. The third-order valence-corrected chi connectivity index (χ3v) is 3.08. The largest absolute Gasteiger partial charge is 0.524 e. The zero-order chi connectivity index (χ0) is 17.0. The van der Waals surface area contributed by atoms with Crippen molar-refractivity contribution in [1.82, 2.24) is 0 Å². The topological polar surface area (TPSA) is 130 Å². The van der Waals surface area contributed by atoms with Gasteiger partial charge in [0, 0.05) is 0 Å². The van der Waals surface area contributed by atoms with Crippen molar-refractivity contribution >= 4 is 19.8 Å². The number of ether oxygens (including phenoxy) is 1. The van der Waals surface area contributed by atoms with Crippen molar-refractivity contribution in [2.24, 2.45) is 0 Å². The number of hydrogen-bond donors (Lipinski definition) is 3. The van der Waals surface area contributed by atoms with E-state index in [2.05, 4.69) is 4.52 Å². The van der Waals surface area contributed by atoms with Crippen molar-refractivity contribution in [3.8, 4) is 11.5 Å². The number of rotatable bonds is 5. The van der Waals surface area contributed by atoms with Crippen molar-refractivity contribution < 1.29 is 38.3 Å². The number of hydrogen-bond acceptors (Lipinski definition) is 5. The molecule has 0 radical (unpaired) electrons. The number of carboxylic acids is 1. The average Bonchev–Trinajstić information content (AvgIpc) is 2.46. The van der Waals surface area contributed by atoms with E-state index in [9.17, 15) is 14.2 Å². The molecule has 0 fully saturated rings. The standard InChI is InChI=1S/C14H11O8P/c15-13(16)9-5-1-3-7-11(9)21-14(17)10-6-2-4-8-12(10)22-23(18,19)20/h1-8H,(H,15,16)(H2,18,19,20). The smallest absolute Gasteiger partial charge is 0.478 e. The van der Waals surface area contributed by atoms with Gasteiger partial charge in [-0.05, 0) is 24.3 Å². The Bertz CT molecular complexity index is 795. The average molecular weight is 338 g/mol. The van der Waals surface area contributed by atoms with Crippen LogP contribution in [0.5, 0.6) is 11.5 Å². The lowest BCUT2D eigenvalue weighted by Gasteiger charge is -2.12. The van der Waals surface area contributed by atoms with Crippen LogP contribution in [0.1, 0.15) is 20.7 Å². The van der Waals surface area contributed by atoms with Gasteiger partial charge in [-0.2, -0.15) is 0 Å². The summed E-state index contributed by atoms with van der Waals surface area (Å²) < 4.78 is 20.3. The molecule has 8 nitrogen and oxygen atoms in total. The fourth-order valence-electron chi connectivity index (χ4n) is 1.73. The molecular formula is C14H11O8P. The Labute approximate surface area is 130 Å². The number of para-hydroxylation sites is 2. The van der Waals surface area contributed by atoms with Crippen molar-refractivity contribution in [3.05, 3.63) is 59.7 Å². The SMILES string of the molecule is O=C(O)c1ccccc1OC(=O)c1ccccc1OP(=O)(O)O. The molecule has 0 saturated heterocycles. The third-order valence-electron chi connectivity index (χ3n) is 2.64. The lowest BCUT2D eigenvalue weighted by atomic mass is 10.2. The van der Waals surface area contributed by atoms with E-state index in [1.165, 1.54) is 48.5 Å². The maximum atomic E-state index is 12.1. The van der Waals surface area contributed by atoms with E-state index in [0.29, 0.717) is 0 Å². The van der Waals surface area contributed by atoms with E-state index < -0.39 is 19.8 Å². The highest BCUT2D eigenvalue weighted by atomic mass is 31.2. The molecule has 0 saturated carbocycles. The number of carbonyl (C=O) groups is 2. The minimum atomic E-state index is -4.86. The van der Waals surface area contributed by atoms with E-state index in [4.69, 9.17) is 19.6 Å². The number of benzene rings is 2. The first-order chi connectivity index (χ1) is 10.8. The highest BCUT2D eigenvalue weighted by molar-refractivity contribution is 7.46. The van der Waals surface area contributed by atoms with E-state index in [1.807, 2.05) is 0 Å². The Morgan fingerprint density at radius 3 is 1.96 bits per heavy atom. The van der Waals surface area contributed by atoms with Crippen LogP contribution < -0.4 is 9.26 Å². The second-order valence-corrected chi connectivity index (χ2v) is 5.43. The first kappa shape index (κ1) is 16.7. The number of carboxylic acid groups (broad SMARTS) is 1. The molecule has 0 spiro atoms. The van der Waals surface area contributed by atoms with Gasteiger partial charge >= 0.3 is 19.8 Å². The summed E-state index contributed by atoms with van der Waals surface area (Å²) in [5, 5.41) is 9.04. The fourth-order valence-corrected chi connectivity index (χ4v) is 2.15. The quantitative estimate of drug-likeness (QED) is 0.429. The zero-order valence-electron chi connectivity index (χ0n) is 11.4. The highest BCUT2D eigenvalue weighted by Crippen LogP contribution is 2.39. The maximum absolute atomic E-state index is 12.1. The number of carbonyl (C=O) groups excluding carboxylic acids is 1. The molecule has 2 aromatic rings. The van der Waals surface area contributed by atoms with E-state index in [-0.39, 0.29) is 22.6 Å². The summed E-state index contributed by atoms with van der Waals surface area (Å²) in [6, 6.07) is 10.7. The molecule has 0 bridgehead atoms. The number of phosphoric ester groups is 1. The molecule has 2 aromatic carbocycles. The molecule has 120 valence electrons. The highest BCUT2D eigenvalue weighted by Gasteiger charge is 2.23. The van der Waals surface area contributed by atoms with Crippen LogP contribution in [-0.4, -0.2) is 26.8 Å². The summed E-state index contributed by atoms with van der Waals surface area (Å²) in [5.41, 5.74) is -0.481. The Hall–Kier alpha value is -2.67. The Kier molecular flexibility index (Phi) is 4.80. The van der Waals surface area contributed by atoms with Gasteiger partial charge in [0.15, 0.2) is 0 Å². The second kappa shape index (κ2) is 6.62. The van der Waals surface area contributed by atoms with Crippen molar-refractivity contribution in [1.29, 1.82) is 0 Å². The predicted molar refractivity (Wildman–Crippen MR) is 77.5 cm³/mol. The fraction of sp³-hybridized carbons (Fsp3) is 0. The zero-order valence-corrected chi connectivity index (χ0v) is 12.3. The molecule has 0 heterocycles. The van der Waals surface area contributed by atoms with Crippen molar-refractivity contribution in [3.63, 3.8) is 0 Å². The second-order valence-electron chi connectivity index (χ2n) is 4.27.